The molecule has 1 fully saturated rings. The Bertz CT molecular complexity index is 1950. The number of aliphatic hydroxyl groups is 3. The standard InChI is InChI=1S/C37H41N9O4/c1-22(2)32-41-34(45-44-32)31-29(48)30(49)36(50-31)46-21-39-28-33(38-19-27(24-14-8-4-9-15-24)25-16-10-5-11-17-25)42-37(43-35(28)46)40-26(20-47)18-23-12-6-3-7-13-23/h3-17,21-22,26-27,29-31,36,47-49H,18-20H2,1-2H3,(H,41,44,45)(H2,38,40,42,43)/t26-,29-,30+,31-,36+/m0/s1. The Hall–Kier alpha value is -5.21. The molecule has 0 aliphatic carbocycles. The van der Waals surface area contributed by atoms with E-state index in [-0.39, 0.29) is 30.4 Å². The van der Waals surface area contributed by atoms with E-state index in [4.69, 9.17) is 14.7 Å². The number of hydrogen-bond donors (Lipinski definition) is 6. The van der Waals surface area contributed by atoms with E-state index in [1.807, 2.05) is 80.6 Å². The van der Waals surface area contributed by atoms with Crippen molar-refractivity contribution in [1.29, 1.82) is 0 Å². The number of fused-ring (bicyclic) bond motifs is 1. The summed E-state index contributed by atoms with van der Waals surface area (Å²) >= 11 is 0. The number of benzene rings is 3. The molecule has 0 spiro atoms. The van der Waals surface area contributed by atoms with E-state index >= 15 is 0 Å². The molecule has 7 rings (SSSR count). The number of nitrogens with zero attached hydrogens (tertiary/aromatic N) is 6. The van der Waals surface area contributed by atoms with Gasteiger partial charge in [0.15, 0.2) is 29.0 Å². The van der Waals surface area contributed by atoms with Crippen molar-refractivity contribution in [3.05, 3.63) is 126 Å². The van der Waals surface area contributed by atoms with E-state index in [0.29, 0.717) is 41.6 Å². The van der Waals surface area contributed by atoms with Gasteiger partial charge in [-0.1, -0.05) is 105 Å². The number of aliphatic hydroxyl groups excluding tert-OH is 3. The number of imidazole rings is 1. The van der Waals surface area contributed by atoms with Crippen LogP contribution in [0.25, 0.3) is 11.2 Å². The van der Waals surface area contributed by atoms with E-state index in [0.717, 1.165) is 16.7 Å². The van der Waals surface area contributed by atoms with Crippen molar-refractivity contribution in [2.45, 2.75) is 62.7 Å². The third-order valence-corrected chi connectivity index (χ3v) is 9.03. The van der Waals surface area contributed by atoms with Gasteiger partial charge in [-0.3, -0.25) is 4.57 Å². The molecule has 0 amide bonds. The Morgan fingerprint density at radius 2 is 1.52 bits per heavy atom. The molecule has 13 nitrogen and oxygen atoms in total. The van der Waals surface area contributed by atoms with E-state index in [1.54, 1.807) is 4.57 Å². The third kappa shape index (κ3) is 6.94. The Morgan fingerprint density at radius 1 is 0.860 bits per heavy atom. The first kappa shape index (κ1) is 33.3. The highest BCUT2D eigenvalue weighted by Gasteiger charge is 2.47. The minimum atomic E-state index is -1.32. The number of H-pyrrole nitrogens is 1. The highest BCUT2D eigenvalue weighted by Crippen LogP contribution is 2.39. The van der Waals surface area contributed by atoms with Crippen LogP contribution in [0.5, 0.6) is 0 Å². The van der Waals surface area contributed by atoms with Gasteiger partial charge in [-0.2, -0.15) is 9.97 Å². The predicted octanol–water partition coefficient (Wildman–Crippen LogP) is 4.32. The average Bonchev–Trinajstić information content (AvgIpc) is 3.87. The van der Waals surface area contributed by atoms with Gasteiger partial charge < -0.3 is 35.7 Å². The molecule has 1 aliphatic heterocycles. The molecule has 1 saturated heterocycles. The summed E-state index contributed by atoms with van der Waals surface area (Å²) in [4.78, 5) is 17.5. The maximum absolute atomic E-state index is 11.3. The molecule has 1 aliphatic rings. The van der Waals surface area contributed by atoms with Crippen LogP contribution in [-0.2, 0) is 11.2 Å². The molecule has 0 unspecified atom stereocenters. The van der Waals surface area contributed by atoms with Gasteiger partial charge >= 0.3 is 0 Å². The number of ether oxygens (including phenoxy) is 1. The second-order valence-electron chi connectivity index (χ2n) is 12.9. The summed E-state index contributed by atoms with van der Waals surface area (Å²) in [5, 5.41) is 47.9. The first-order valence-electron chi connectivity index (χ1n) is 16.8. The summed E-state index contributed by atoms with van der Waals surface area (Å²) < 4.78 is 7.84. The van der Waals surface area contributed by atoms with Crippen LogP contribution < -0.4 is 10.6 Å². The van der Waals surface area contributed by atoms with Gasteiger partial charge in [-0.15, -0.1) is 10.2 Å². The fraction of sp³-hybridized carbons (Fsp3) is 0.324. The maximum atomic E-state index is 11.3. The minimum absolute atomic E-state index is 0.00212. The average molecular weight is 676 g/mol. The monoisotopic (exact) mass is 675 g/mol. The molecule has 3 aromatic carbocycles. The van der Waals surface area contributed by atoms with Gasteiger partial charge in [-0.25, -0.2) is 4.98 Å². The predicted molar refractivity (Wildman–Crippen MR) is 189 cm³/mol. The fourth-order valence-corrected chi connectivity index (χ4v) is 6.32. The molecule has 258 valence electrons. The lowest BCUT2D eigenvalue weighted by atomic mass is 9.91. The summed E-state index contributed by atoms with van der Waals surface area (Å²) in [5.41, 5.74) is 4.15. The number of rotatable bonds is 13. The zero-order valence-corrected chi connectivity index (χ0v) is 27.8. The number of aromatic amines is 1. The van der Waals surface area contributed by atoms with Gasteiger partial charge in [0.25, 0.3) is 0 Å². The number of nitrogens with one attached hydrogen (secondary N) is 3. The highest BCUT2D eigenvalue weighted by atomic mass is 16.6. The minimum Gasteiger partial charge on any atom is -0.394 e. The molecule has 5 atom stereocenters. The Labute approximate surface area is 289 Å². The molecular weight excluding hydrogens is 634 g/mol. The lowest BCUT2D eigenvalue weighted by Crippen LogP contribution is -2.29. The van der Waals surface area contributed by atoms with Crippen LogP contribution in [0, 0.1) is 0 Å². The molecule has 3 aromatic heterocycles. The molecule has 6 aromatic rings. The second kappa shape index (κ2) is 14.7. The van der Waals surface area contributed by atoms with Crippen molar-refractivity contribution in [2.24, 2.45) is 0 Å². The summed E-state index contributed by atoms with van der Waals surface area (Å²) in [6, 6.07) is 30.0. The zero-order valence-electron chi connectivity index (χ0n) is 27.8. The molecule has 0 radical (unpaired) electrons. The lowest BCUT2D eigenvalue weighted by Gasteiger charge is -2.21. The second-order valence-corrected chi connectivity index (χ2v) is 12.9. The molecule has 0 saturated carbocycles. The zero-order chi connectivity index (χ0) is 34.6. The van der Waals surface area contributed by atoms with Gasteiger partial charge in [0, 0.05) is 18.4 Å². The SMILES string of the molecule is CC(C)c1nnc([C@H]2O[C@@H](n3cnc4c(NCC(c5ccccc5)c5ccccc5)nc(N[C@H](CO)Cc5ccccc5)nc43)[C@H](O)[C@@H]2O)[nH]1. The quantitative estimate of drug-likeness (QED) is 0.103. The smallest absolute Gasteiger partial charge is 0.227 e. The van der Waals surface area contributed by atoms with Crippen molar-refractivity contribution in [1.82, 2.24) is 34.7 Å². The molecule has 0 bridgehead atoms. The van der Waals surface area contributed by atoms with Crippen molar-refractivity contribution in [2.75, 3.05) is 23.8 Å². The van der Waals surface area contributed by atoms with Crippen LogP contribution in [0.4, 0.5) is 11.8 Å². The summed E-state index contributed by atoms with van der Waals surface area (Å²) in [7, 11) is 0. The van der Waals surface area contributed by atoms with Crippen molar-refractivity contribution >= 4 is 22.9 Å². The first-order valence-corrected chi connectivity index (χ1v) is 16.8. The van der Waals surface area contributed by atoms with Gasteiger partial charge in [0.1, 0.15) is 24.1 Å². The molecule has 13 heteroatoms. The number of aromatic nitrogens is 7. The number of anilines is 2. The Kier molecular flexibility index (Phi) is 9.81. The molecule has 4 heterocycles. The highest BCUT2D eigenvalue weighted by molar-refractivity contribution is 5.84. The van der Waals surface area contributed by atoms with E-state index in [1.165, 1.54) is 6.33 Å². The van der Waals surface area contributed by atoms with E-state index in [9.17, 15) is 15.3 Å². The van der Waals surface area contributed by atoms with Crippen LogP contribution in [0.1, 0.15) is 66.4 Å². The normalized spacial score (nSPS) is 19.7. The van der Waals surface area contributed by atoms with E-state index < -0.39 is 24.5 Å². The van der Waals surface area contributed by atoms with Gasteiger partial charge in [0.05, 0.1) is 19.0 Å². The van der Waals surface area contributed by atoms with Crippen molar-refractivity contribution in [3.63, 3.8) is 0 Å². The largest absolute Gasteiger partial charge is 0.394 e. The Balaban J connectivity index is 1.24. The molecule has 6 N–H and O–H groups in total. The summed E-state index contributed by atoms with van der Waals surface area (Å²) in [6.45, 7) is 4.29. The maximum Gasteiger partial charge on any atom is 0.227 e. The van der Waals surface area contributed by atoms with Crippen molar-refractivity contribution in [3.8, 4) is 0 Å². The lowest BCUT2D eigenvalue weighted by molar-refractivity contribution is -0.0382. The molecular formula is C37H41N9O4. The third-order valence-electron chi connectivity index (χ3n) is 9.03. The van der Waals surface area contributed by atoms with Crippen LogP contribution in [0.2, 0.25) is 0 Å². The van der Waals surface area contributed by atoms with Gasteiger partial charge in [0.2, 0.25) is 5.95 Å². The fourth-order valence-electron chi connectivity index (χ4n) is 6.32. The van der Waals surface area contributed by atoms with E-state index in [2.05, 4.69) is 55.1 Å². The van der Waals surface area contributed by atoms with Crippen molar-refractivity contribution < 1.29 is 20.1 Å². The van der Waals surface area contributed by atoms with Crippen LogP contribution in [-0.4, -0.2) is 81.4 Å². The van der Waals surface area contributed by atoms with Crippen LogP contribution >= 0.6 is 0 Å². The first-order chi connectivity index (χ1) is 24.4. The Morgan fingerprint density at radius 3 is 2.14 bits per heavy atom. The summed E-state index contributed by atoms with van der Waals surface area (Å²) in [6.07, 6.45) is -2.54. The molecule has 50 heavy (non-hydrogen) atoms. The topological polar surface area (TPSA) is 179 Å². The van der Waals surface area contributed by atoms with Crippen LogP contribution in [0.3, 0.4) is 0 Å². The van der Waals surface area contributed by atoms with Crippen LogP contribution in [0.15, 0.2) is 97.3 Å². The van der Waals surface area contributed by atoms with Gasteiger partial charge in [-0.05, 0) is 23.1 Å². The summed E-state index contributed by atoms with van der Waals surface area (Å²) in [5.74, 6) is 1.79. The number of hydrogen-bond acceptors (Lipinski definition) is 11.